The standard InChI is InChI=1S/C5H7N.C2H6/c1-2-4-6-5-3-1;1-2/h1-2,4H,3,5H2;1-2H3. The fourth-order valence-corrected chi connectivity index (χ4v) is 0.442. The van der Waals surface area contributed by atoms with Crippen molar-refractivity contribution in [2.75, 3.05) is 6.54 Å². The number of nitrogens with zero attached hydrogens (tertiary/aromatic N) is 1. The van der Waals surface area contributed by atoms with Gasteiger partial charge in [-0.2, -0.15) is 0 Å². The Kier molecular flexibility index (Phi) is 5.94. The van der Waals surface area contributed by atoms with E-state index in [1.807, 2.05) is 26.1 Å². The molecule has 1 nitrogen and oxygen atoms in total. The molecule has 1 aliphatic heterocycles. The van der Waals surface area contributed by atoms with Gasteiger partial charge in [0.25, 0.3) is 0 Å². The van der Waals surface area contributed by atoms with Gasteiger partial charge in [0, 0.05) is 12.8 Å². The van der Waals surface area contributed by atoms with E-state index in [1.54, 1.807) is 0 Å². The van der Waals surface area contributed by atoms with E-state index in [9.17, 15) is 0 Å². The number of allylic oxidation sites excluding steroid dienone is 1. The molecule has 0 aromatic rings. The average Bonchev–Trinajstić information content (AvgIpc) is 1.96. The second-order valence-corrected chi connectivity index (χ2v) is 1.27. The molecule has 1 rings (SSSR count). The van der Waals surface area contributed by atoms with E-state index >= 15 is 0 Å². The van der Waals surface area contributed by atoms with Crippen molar-refractivity contribution in [3.8, 4) is 0 Å². The zero-order valence-corrected chi connectivity index (χ0v) is 5.59. The van der Waals surface area contributed by atoms with E-state index in [0.29, 0.717) is 0 Å². The van der Waals surface area contributed by atoms with Crippen molar-refractivity contribution in [2.24, 2.45) is 4.99 Å². The van der Waals surface area contributed by atoms with Crippen LogP contribution in [-0.2, 0) is 0 Å². The van der Waals surface area contributed by atoms with Gasteiger partial charge in [-0.3, -0.25) is 4.99 Å². The van der Waals surface area contributed by atoms with Crippen molar-refractivity contribution in [3.63, 3.8) is 0 Å². The predicted octanol–water partition coefficient (Wildman–Crippen LogP) is 2.04. The van der Waals surface area contributed by atoms with E-state index in [2.05, 4.69) is 11.1 Å². The van der Waals surface area contributed by atoms with Gasteiger partial charge < -0.3 is 0 Å². The molecule has 0 unspecified atom stereocenters. The lowest BCUT2D eigenvalue weighted by Crippen LogP contribution is -1.81. The Morgan fingerprint density at radius 1 is 1.38 bits per heavy atom. The van der Waals surface area contributed by atoms with Crippen LogP contribution in [0.4, 0.5) is 0 Å². The van der Waals surface area contributed by atoms with Crippen LogP contribution in [0.3, 0.4) is 0 Å². The molecule has 0 aliphatic carbocycles. The summed E-state index contributed by atoms with van der Waals surface area (Å²) in [6.07, 6.45) is 7.05. The lowest BCUT2D eigenvalue weighted by atomic mass is 10.3. The topological polar surface area (TPSA) is 12.4 Å². The number of aliphatic imine (C=N–C) groups is 1. The monoisotopic (exact) mass is 111 g/mol. The number of hydrogen-bond acceptors (Lipinski definition) is 1. The minimum Gasteiger partial charge on any atom is -0.293 e. The summed E-state index contributed by atoms with van der Waals surface area (Å²) in [6.45, 7) is 4.98. The van der Waals surface area contributed by atoms with E-state index in [0.717, 1.165) is 13.0 Å². The van der Waals surface area contributed by atoms with Crippen molar-refractivity contribution in [1.82, 2.24) is 0 Å². The Bertz CT molecular complexity index is 70.4. The van der Waals surface area contributed by atoms with Crippen molar-refractivity contribution in [2.45, 2.75) is 20.3 Å². The number of rotatable bonds is 0. The Labute approximate surface area is 51.1 Å². The van der Waals surface area contributed by atoms with E-state index in [-0.39, 0.29) is 0 Å². The van der Waals surface area contributed by atoms with Gasteiger partial charge in [-0.05, 0) is 12.5 Å². The van der Waals surface area contributed by atoms with Gasteiger partial charge in [0.15, 0.2) is 0 Å². The molecule has 1 aliphatic rings. The maximum atomic E-state index is 3.97. The zero-order valence-electron chi connectivity index (χ0n) is 5.59. The minimum atomic E-state index is 0.983. The highest BCUT2D eigenvalue weighted by atomic mass is 14.7. The van der Waals surface area contributed by atoms with Gasteiger partial charge in [-0.1, -0.05) is 19.9 Å². The summed E-state index contributed by atoms with van der Waals surface area (Å²) in [4.78, 5) is 3.97. The normalized spacial score (nSPS) is 14.8. The van der Waals surface area contributed by atoms with E-state index < -0.39 is 0 Å². The molecule has 1 heterocycles. The molecule has 0 amide bonds. The first-order valence-corrected chi connectivity index (χ1v) is 3.15. The molecule has 0 N–H and O–H groups in total. The third-order valence-electron chi connectivity index (χ3n) is 0.752. The van der Waals surface area contributed by atoms with Crippen LogP contribution in [0, 0.1) is 0 Å². The summed E-state index contributed by atoms with van der Waals surface area (Å²) in [5, 5.41) is 0. The van der Waals surface area contributed by atoms with Crippen molar-refractivity contribution < 1.29 is 0 Å². The molecule has 0 atom stereocenters. The third-order valence-corrected chi connectivity index (χ3v) is 0.752. The Balaban J connectivity index is 0.000000222. The van der Waals surface area contributed by atoms with Gasteiger partial charge in [-0.25, -0.2) is 0 Å². The lowest BCUT2D eigenvalue weighted by molar-refractivity contribution is 1.00. The number of dihydropyridines is 1. The van der Waals surface area contributed by atoms with Crippen LogP contribution < -0.4 is 0 Å². The van der Waals surface area contributed by atoms with Crippen LogP contribution in [0.5, 0.6) is 0 Å². The largest absolute Gasteiger partial charge is 0.293 e. The molecule has 0 bridgehead atoms. The Morgan fingerprint density at radius 3 is 2.25 bits per heavy atom. The molecule has 0 fully saturated rings. The number of hydrogen-bond donors (Lipinski definition) is 0. The molecule has 0 saturated heterocycles. The summed E-state index contributed by atoms with van der Waals surface area (Å²) in [5.41, 5.74) is 0. The summed E-state index contributed by atoms with van der Waals surface area (Å²) >= 11 is 0. The minimum absolute atomic E-state index is 0.983. The Morgan fingerprint density at radius 2 is 2.12 bits per heavy atom. The van der Waals surface area contributed by atoms with Gasteiger partial charge in [0.1, 0.15) is 0 Å². The quantitative estimate of drug-likeness (QED) is 0.453. The lowest BCUT2D eigenvalue weighted by Gasteiger charge is -1.88. The fourth-order valence-electron chi connectivity index (χ4n) is 0.442. The first kappa shape index (κ1) is 7.41. The highest BCUT2D eigenvalue weighted by Crippen LogP contribution is 1.87. The van der Waals surface area contributed by atoms with E-state index in [1.165, 1.54) is 0 Å². The molecule has 0 aromatic heterocycles. The average molecular weight is 111 g/mol. The molecule has 46 valence electrons. The van der Waals surface area contributed by atoms with Gasteiger partial charge in [0.2, 0.25) is 0 Å². The first-order chi connectivity index (χ1) is 4.00. The van der Waals surface area contributed by atoms with Gasteiger partial charge >= 0.3 is 0 Å². The third kappa shape index (κ3) is 3.59. The molecular formula is C7H13N. The van der Waals surface area contributed by atoms with Crippen LogP contribution in [-0.4, -0.2) is 12.8 Å². The highest BCUT2D eigenvalue weighted by molar-refractivity contribution is 5.71. The molecule has 8 heavy (non-hydrogen) atoms. The van der Waals surface area contributed by atoms with Crippen LogP contribution >= 0.6 is 0 Å². The maximum Gasteiger partial charge on any atom is 0.0423 e. The summed E-state index contributed by atoms with van der Waals surface area (Å²) in [7, 11) is 0. The van der Waals surface area contributed by atoms with Gasteiger partial charge in [0.05, 0.1) is 0 Å². The van der Waals surface area contributed by atoms with Crippen molar-refractivity contribution in [3.05, 3.63) is 12.2 Å². The summed E-state index contributed by atoms with van der Waals surface area (Å²) in [6, 6.07) is 0. The van der Waals surface area contributed by atoms with Crippen LogP contribution in [0.15, 0.2) is 17.1 Å². The zero-order chi connectivity index (χ0) is 6.24. The fraction of sp³-hybridized carbons (Fsp3) is 0.571. The van der Waals surface area contributed by atoms with Crippen molar-refractivity contribution >= 4 is 6.21 Å². The van der Waals surface area contributed by atoms with Crippen molar-refractivity contribution in [1.29, 1.82) is 0 Å². The summed E-state index contributed by atoms with van der Waals surface area (Å²) in [5.74, 6) is 0. The first-order valence-electron chi connectivity index (χ1n) is 3.15. The molecule has 1 heteroatoms. The van der Waals surface area contributed by atoms with Crippen LogP contribution in [0.2, 0.25) is 0 Å². The summed E-state index contributed by atoms with van der Waals surface area (Å²) < 4.78 is 0. The second kappa shape index (κ2) is 6.41. The van der Waals surface area contributed by atoms with Gasteiger partial charge in [-0.15, -0.1) is 0 Å². The second-order valence-electron chi connectivity index (χ2n) is 1.27. The molecular weight excluding hydrogens is 98.1 g/mol. The van der Waals surface area contributed by atoms with E-state index in [4.69, 9.17) is 0 Å². The molecule has 0 radical (unpaired) electrons. The highest BCUT2D eigenvalue weighted by Gasteiger charge is 1.78. The molecule has 0 spiro atoms. The molecule has 0 saturated carbocycles. The molecule has 0 aromatic carbocycles. The Hall–Kier alpha value is -0.590. The maximum absolute atomic E-state index is 3.97. The predicted molar refractivity (Wildman–Crippen MR) is 38.5 cm³/mol. The smallest absolute Gasteiger partial charge is 0.0423 e. The SMILES string of the molecule is C1=CCCN=C1.CC. The van der Waals surface area contributed by atoms with Crippen LogP contribution in [0.25, 0.3) is 0 Å². The van der Waals surface area contributed by atoms with Crippen LogP contribution in [0.1, 0.15) is 20.3 Å².